The van der Waals surface area contributed by atoms with Crippen LogP contribution in [0.1, 0.15) is 24.8 Å². The summed E-state index contributed by atoms with van der Waals surface area (Å²) in [6, 6.07) is 3.75. The second-order valence-electron chi connectivity index (χ2n) is 5.39. The normalized spacial score (nSPS) is 33.5. The van der Waals surface area contributed by atoms with Gasteiger partial charge >= 0.3 is 6.18 Å². The average Bonchev–Trinajstić information content (AvgIpc) is 2.22. The fourth-order valence-electron chi connectivity index (χ4n) is 2.93. The van der Waals surface area contributed by atoms with E-state index in [1.165, 1.54) is 0 Å². The van der Waals surface area contributed by atoms with Crippen molar-refractivity contribution in [3.63, 3.8) is 0 Å². The molecular formula is C12H10BrF3O2S. The Labute approximate surface area is 117 Å². The van der Waals surface area contributed by atoms with Crippen molar-refractivity contribution in [3.05, 3.63) is 29.8 Å². The van der Waals surface area contributed by atoms with Gasteiger partial charge in [-0.25, -0.2) is 8.42 Å². The third kappa shape index (κ3) is 1.77. The quantitative estimate of drug-likeness (QED) is 0.761. The van der Waals surface area contributed by atoms with Gasteiger partial charge in [0.1, 0.15) is 0 Å². The van der Waals surface area contributed by atoms with Gasteiger partial charge in [-0.3, -0.25) is 0 Å². The molecule has 0 saturated heterocycles. The maximum atomic E-state index is 12.4. The highest BCUT2D eigenvalue weighted by atomic mass is 79.9. The molecule has 0 heterocycles. The predicted molar refractivity (Wildman–Crippen MR) is 66.9 cm³/mol. The summed E-state index contributed by atoms with van der Waals surface area (Å²) in [6.45, 7) is 0. The lowest BCUT2D eigenvalue weighted by Crippen LogP contribution is -2.72. The van der Waals surface area contributed by atoms with E-state index in [1.54, 1.807) is 0 Å². The summed E-state index contributed by atoms with van der Waals surface area (Å²) in [4.78, 5) is -0.0187. The van der Waals surface area contributed by atoms with E-state index in [9.17, 15) is 21.6 Å². The molecule has 3 aliphatic rings. The van der Waals surface area contributed by atoms with Gasteiger partial charge in [-0.15, -0.1) is 0 Å². The van der Waals surface area contributed by atoms with Gasteiger partial charge in [-0.2, -0.15) is 13.2 Å². The van der Waals surface area contributed by atoms with Crippen molar-refractivity contribution in [2.24, 2.45) is 0 Å². The van der Waals surface area contributed by atoms with Crippen molar-refractivity contribution < 1.29 is 21.6 Å². The topological polar surface area (TPSA) is 34.1 Å². The molecule has 0 aliphatic heterocycles. The Kier molecular flexibility index (Phi) is 2.51. The maximum Gasteiger partial charge on any atom is 0.416 e. The standard InChI is InChI=1S/C12H10BrF3O2S/c13-10-5-11(6-10,7-10)19(17,18)9-3-1-8(2-4-9)12(14,15)16/h1-4H,5-7H2. The lowest BCUT2D eigenvalue weighted by molar-refractivity contribution is -0.137. The van der Waals surface area contributed by atoms with Gasteiger partial charge in [-0.05, 0) is 43.5 Å². The molecule has 0 N–H and O–H groups in total. The van der Waals surface area contributed by atoms with Crippen LogP contribution < -0.4 is 0 Å². The van der Waals surface area contributed by atoms with E-state index in [4.69, 9.17) is 0 Å². The molecule has 7 heteroatoms. The number of rotatable bonds is 2. The molecule has 2 bridgehead atoms. The molecule has 4 rings (SSSR count). The molecule has 104 valence electrons. The van der Waals surface area contributed by atoms with Crippen LogP contribution >= 0.6 is 15.9 Å². The molecule has 3 aliphatic carbocycles. The third-order valence-electron chi connectivity index (χ3n) is 3.98. The number of alkyl halides is 4. The summed E-state index contributed by atoms with van der Waals surface area (Å²) >= 11 is 3.45. The molecule has 0 aromatic heterocycles. The minimum Gasteiger partial charge on any atom is -0.223 e. The summed E-state index contributed by atoms with van der Waals surface area (Å²) in [5.41, 5.74) is -0.832. The summed E-state index contributed by atoms with van der Waals surface area (Å²) in [5.74, 6) is 0. The molecule has 19 heavy (non-hydrogen) atoms. The first-order chi connectivity index (χ1) is 8.58. The zero-order valence-electron chi connectivity index (χ0n) is 9.67. The highest BCUT2D eigenvalue weighted by molar-refractivity contribution is 9.10. The van der Waals surface area contributed by atoms with Crippen molar-refractivity contribution in [1.82, 2.24) is 0 Å². The molecule has 0 spiro atoms. The monoisotopic (exact) mass is 354 g/mol. The Morgan fingerprint density at radius 2 is 1.53 bits per heavy atom. The number of halogens is 4. The maximum absolute atomic E-state index is 12.4. The predicted octanol–water partition coefficient (Wildman–Crippen LogP) is 3.55. The van der Waals surface area contributed by atoms with Crippen molar-refractivity contribution in [1.29, 1.82) is 0 Å². The van der Waals surface area contributed by atoms with Crippen LogP contribution in [0.2, 0.25) is 0 Å². The van der Waals surface area contributed by atoms with Crippen molar-refractivity contribution in [2.45, 2.75) is 39.4 Å². The van der Waals surface area contributed by atoms with E-state index in [0.717, 1.165) is 24.3 Å². The van der Waals surface area contributed by atoms with Crippen LogP contribution in [0, 0.1) is 0 Å². The Hall–Kier alpha value is -0.560. The lowest BCUT2D eigenvalue weighted by atomic mass is 9.55. The van der Waals surface area contributed by atoms with Gasteiger partial charge in [0.25, 0.3) is 0 Å². The first kappa shape index (κ1) is 13.4. The number of sulfone groups is 1. The number of hydrogen-bond donors (Lipinski definition) is 0. The molecule has 2 nitrogen and oxygen atoms in total. The largest absolute Gasteiger partial charge is 0.416 e. The average molecular weight is 355 g/mol. The van der Waals surface area contributed by atoms with E-state index in [2.05, 4.69) is 15.9 Å². The van der Waals surface area contributed by atoms with Gasteiger partial charge in [0.2, 0.25) is 0 Å². The van der Waals surface area contributed by atoms with Crippen LogP contribution in [0.4, 0.5) is 13.2 Å². The summed E-state index contributed by atoms with van der Waals surface area (Å²) in [6.07, 6.45) is -2.81. The number of hydrogen-bond acceptors (Lipinski definition) is 2. The van der Waals surface area contributed by atoms with Crippen LogP contribution in [0.25, 0.3) is 0 Å². The zero-order valence-corrected chi connectivity index (χ0v) is 12.1. The van der Waals surface area contributed by atoms with Crippen molar-refractivity contribution >= 4 is 25.8 Å². The van der Waals surface area contributed by atoms with E-state index < -0.39 is 26.3 Å². The molecule has 0 radical (unpaired) electrons. The molecule has 3 fully saturated rings. The Balaban J connectivity index is 1.91. The van der Waals surface area contributed by atoms with E-state index >= 15 is 0 Å². The van der Waals surface area contributed by atoms with E-state index in [1.807, 2.05) is 0 Å². The minimum absolute atomic E-state index is 0.0187. The van der Waals surface area contributed by atoms with Gasteiger partial charge in [0.15, 0.2) is 9.84 Å². The highest BCUT2D eigenvalue weighted by Crippen LogP contribution is 2.70. The smallest absolute Gasteiger partial charge is 0.223 e. The van der Waals surface area contributed by atoms with Gasteiger partial charge in [0.05, 0.1) is 15.2 Å². The molecule has 0 amide bonds. The molecule has 1 aromatic rings. The first-order valence-corrected chi connectivity index (χ1v) is 7.97. The zero-order chi connectivity index (χ0) is 14.1. The molecule has 3 saturated carbocycles. The van der Waals surface area contributed by atoms with E-state index in [-0.39, 0.29) is 9.22 Å². The second-order valence-corrected chi connectivity index (χ2v) is 9.42. The first-order valence-electron chi connectivity index (χ1n) is 5.69. The van der Waals surface area contributed by atoms with Crippen LogP contribution in [0.3, 0.4) is 0 Å². The van der Waals surface area contributed by atoms with Gasteiger partial charge in [-0.1, -0.05) is 15.9 Å². The van der Waals surface area contributed by atoms with Crippen LogP contribution in [0.5, 0.6) is 0 Å². The summed E-state index contributed by atoms with van der Waals surface area (Å²) < 4.78 is 61.2. The SMILES string of the molecule is O=S(=O)(c1ccc(C(F)(F)F)cc1)C12CC(Br)(C1)C2. The second kappa shape index (κ2) is 3.55. The van der Waals surface area contributed by atoms with Crippen molar-refractivity contribution in [3.8, 4) is 0 Å². The molecule has 0 unspecified atom stereocenters. The van der Waals surface area contributed by atoms with Crippen LogP contribution in [0.15, 0.2) is 29.2 Å². The Bertz CT molecular complexity index is 614. The highest BCUT2D eigenvalue weighted by Gasteiger charge is 2.73. The van der Waals surface area contributed by atoms with Gasteiger partial charge < -0.3 is 0 Å². The minimum atomic E-state index is -4.45. The summed E-state index contributed by atoms with van der Waals surface area (Å²) in [7, 11) is -3.53. The summed E-state index contributed by atoms with van der Waals surface area (Å²) in [5, 5.41) is 0. The fourth-order valence-corrected chi connectivity index (χ4v) is 7.50. The fraction of sp³-hybridized carbons (Fsp3) is 0.500. The van der Waals surface area contributed by atoms with E-state index in [0.29, 0.717) is 19.3 Å². The lowest BCUT2D eigenvalue weighted by Gasteiger charge is -2.66. The van der Waals surface area contributed by atoms with Crippen LogP contribution in [-0.2, 0) is 16.0 Å². The molecule has 0 atom stereocenters. The third-order valence-corrected chi connectivity index (χ3v) is 7.29. The Morgan fingerprint density at radius 1 is 1.05 bits per heavy atom. The molecule has 1 aromatic carbocycles. The number of benzene rings is 1. The van der Waals surface area contributed by atoms with Gasteiger partial charge in [0, 0.05) is 4.32 Å². The van der Waals surface area contributed by atoms with Crippen LogP contribution in [-0.4, -0.2) is 17.5 Å². The Morgan fingerprint density at radius 3 is 1.89 bits per heavy atom. The molecular weight excluding hydrogens is 345 g/mol. The van der Waals surface area contributed by atoms with Crippen molar-refractivity contribution in [2.75, 3.05) is 0 Å².